The van der Waals surface area contributed by atoms with Crippen LogP contribution in [0.3, 0.4) is 0 Å². The van der Waals surface area contributed by atoms with Gasteiger partial charge in [-0.15, -0.1) is 0 Å². The highest BCUT2D eigenvalue weighted by Crippen LogP contribution is 2.27. The molecule has 0 spiro atoms. The van der Waals surface area contributed by atoms with Gasteiger partial charge in [0.2, 0.25) is 0 Å². The molecule has 4 aromatic carbocycles. The van der Waals surface area contributed by atoms with Crippen molar-refractivity contribution in [1.82, 2.24) is 9.88 Å². The van der Waals surface area contributed by atoms with E-state index in [1.165, 1.54) is 30.5 Å². The third-order valence-electron chi connectivity index (χ3n) is 6.38. The molecule has 5 aromatic rings. The molecule has 0 aliphatic heterocycles. The number of hydrogen-bond acceptors (Lipinski definition) is 5. The molecular formula is C32H25FN2O6. The molecule has 9 heteroatoms. The van der Waals surface area contributed by atoms with Crippen molar-refractivity contribution in [3.05, 3.63) is 132 Å². The van der Waals surface area contributed by atoms with Crippen LogP contribution in [0, 0.1) is 5.82 Å². The number of aromatic nitrogens is 1. The number of ether oxygens (including phenoxy) is 2. The number of aliphatic carboxylic acids is 1. The van der Waals surface area contributed by atoms with E-state index in [0.717, 1.165) is 10.1 Å². The molecule has 0 radical (unpaired) electrons. The van der Waals surface area contributed by atoms with Gasteiger partial charge in [0.1, 0.15) is 30.0 Å². The first-order valence-electron chi connectivity index (χ1n) is 12.7. The van der Waals surface area contributed by atoms with Gasteiger partial charge in [0, 0.05) is 18.0 Å². The number of rotatable bonds is 9. The molecule has 0 saturated heterocycles. The van der Waals surface area contributed by atoms with Gasteiger partial charge in [0.05, 0.1) is 11.1 Å². The van der Waals surface area contributed by atoms with Crippen LogP contribution in [-0.4, -0.2) is 33.7 Å². The normalized spacial score (nSPS) is 11.5. The summed E-state index contributed by atoms with van der Waals surface area (Å²) in [5.74, 6) is -1.73. The number of benzene rings is 4. The van der Waals surface area contributed by atoms with Crippen molar-refractivity contribution >= 4 is 28.9 Å². The second-order valence-corrected chi connectivity index (χ2v) is 9.21. The SMILES string of the molecule is O=C(N[C@@H](Cc1cn(C(=O)OCc2ccccc2)c2cc(F)ccc12)C(=O)O)c1ccccc1Oc1ccccc1. The first-order chi connectivity index (χ1) is 19.9. The van der Waals surface area contributed by atoms with Gasteiger partial charge in [-0.3, -0.25) is 9.36 Å². The quantitative estimate of drug-likeness (QED) is 0.226. The predicted molar refractivity (Wildman–Crippen MR) is 149 cm³/mol. The molecule has 2 N–H and O–H groups in total. The van der Waals surface area contributed by atoms with Gasteiger partial charge in [0.15, 0.2) is 0 Å². The third-order valence-corrected chi connectivity index (χ3v) is 6.38. The lowest BCUT2D eigenvalue weighted by Gasteiger charge is -2.16. The number of carbonyl (C=O) groups excluding carboxylic acids is 2. The smallest absolute Gasteiger partial charge is 0.418 e. The van der Waals surface area contributed by atoms with E-state index in [0.29, 0.717) is 16.7 Å². The lowest BCUT2D eigenvalue weighted by molar-refractivity contribution is -0.139. The van der Waals surface area contributed by atoms with Gasteiger partial charge in [-0.05, 0) is 53.6 Å². The van der Waals surface area contributed by atoms with Crippen molar-refractivity contribution in [1.29, 1.82) is 0 Å². The van der Waals surface area contributed by atoms with Crippen LogP contribution in [0.5, 0.6) is 11.5 Å². The Hall–Kier alpha value is -5.44. The first-order valence-corrected chi connectivity index (χ1v) is 12.7. The topological polar surface area (TPSA) is 107 Å². The summed E-state index contributed by atoms with van der Waals surface area (Å²) in [6, 6.07) is 26.9. The Labute approximate surface area is 234 Å². The lowest BCUT2D eigenvalue weighted by Crippen LogP contribution is -2.42. The number of carboxylic acids is 1. The Bertz CT molecular complexity index is 1700. The molecule has 0 aliphatic rings. The molecule has 0 unspecified atom stereocenters. The molecular weight excluding hydrogens is 527 g/mol. The van der Waals surface area contributed by atoms with Crippen LogP contribution in [0.4, 0.5) is 9.18 Å². The zero-order valence-corrected chi connectivity index (χ0v) is 21.7. The minimum Gasteiger partial charge on any atom is -0.480 e. The Kier molecular flexibility index (Phi) is 8.05. The second-order valence-electron chi connectivity index (χ2n) is 9.21. The highest BCUT2D eigenvalue weighted by Gasteiger charge is 2.26. The summed E-state index contributed by atoms with van der Waals surface area (Å²) in [6.07, 6.45) is 0.481. The van der Waals surface area contributed by atoms with Gasteiger partial charge in [-0.2, -0.15) is 0 Å². The summed E-state index contributed by atoms with van der Waals surface area (Å²) in [5, 5.41) is 13.0. The van der Waals surface area contributed by atoms with Gasteiger partial charge in [-0.1, -0.05) is 60.7 Å². The Balaban J connectivity index is 1.38. The Morgan fingerprint density at radius 1 is 0.878 bits per heavy atom. The molecule has 0 fully saturated rings. The maximum Gasteiger partial charge on any atom is 0.418 e. The predicted octanol–water partition coefficient (Wildman–Crippen LogP) is 6.18. The molecule has 0 bridgehead atoms. The van der Waals surface area contributed by atoms with Crippen LogP contribution in [-0.2, 0) is 22.6 Å². The fourth-order valence-electron chi connectivity index (χ4n) is 4.39. The summed E-state index contributed by atoms with van der Waals surface area (Å²) in [7, 11) is 0. The van der Waals surface area contributed by atoms with Crippen LogP contribution in [0.25, 0.3) is 10.9 Å². The van der Waals surface area contributed by atoms with Crippen molar-refractivity contribution < 1.29 is 33.4 Å². The minimum absolute atomic E-state index is 0.00225. The maximum absolute atomic E-state index is 14.2. The standard InChI is InChI=1S/C32H25FN2O6/c33-23-15-16-25-22(19-35(28(25)18-23)32(39)40-20-21-9-3-1-4-10-21)17-27(31(37)38)34-30(36)26-13-7-8-14-29(26)41-24-11-5-2-6-12-24/h1-16,18-19,27H,17,20H2,(H,34,36)(H,37,38)/t27-/m0/s1. The van der Waals surface area contributed by atoms with Crippen molar-refractivity contribution in [2.24, 2.45) is 0 Å². The number of nitrogens with zero attached hydrogens (tertiary/aromatic N) is 1. The summed E-state index contributed by atoms with van der Waals surface area (Å²) >= 11 is 0. The number of amides is 1. The lowest BCUT2D eigenvalue weighted by atomic mass is 10.0. The van der Waals surface area contributed by atoms with Gasteiger partial charge >= 0.3 is 12.1 Å². The van der Waals surface area contributed by atoms with Crippen molar-refractivity contribution in [3.63, 3.8) is 0 Å². The molecule has 0 aliphatic carbocycles. The highest BCUT2D eigenvalue weighted by atomic mass is 19.1. The summed E-state index contributed by atoms with van der Waals surface area (Å²) in [5.41, 5.74) is 1.55. The van der Waals surface area contributed by atoms with Gasteiger partial charge < -0.3 is 19.9 Å². The second kappa shape index (κ2) is 12.2. The van der Waals surface area contributed by atoms with E-state index in [1.807, 2.05) is 24.3 Å². The van der Waals surface area contributed by atoms with Gasteiger partial charge in [-0.25, -0.2) is 14.0 Å². The minimum atomic E-state index is -1.36. The molecule has 0 saturated carbocycles. The number of para-hydroxylation sites is 2. The first kappa shape index (κ1) is 27.1. The van der Waals surface area contributed by atoms with E-state index >= 15 is 0 Å². The van der Waals surface area contributed by atoms with Crippen LogP contribution >= 0.6 is 0 Å². The molecule has 1 aromatic heterocycles. The van der Waals surface area contributed by atoms with E-state index in [9.17, 15) is 23.9 Å². The van der Waals surface area contributed by atoms with Crippen molar-refractivity contribution in [3.8, 4) is 11.5 Å². The number of carboxylic acid groups (broad SMARTS) is 1. The molecule has 1 amide bonds. The number of carbonyl (C=O) groups is 3. The number of nitrogens with one attached hydrogen (secondary N) is 1. The summed E-state index contributed by atoms with van der Waals surface area (Å²) < 4.78 is 26.6. The van der Waals surface area contributed by atoms with E-state index in [1.54, 1.807) is 54.6 Å². The molecule has 206 valence electrons. The molecule has 41 heavy (non-hydrogen) atoms. The Morgan fingerprint density at radius 3 is 2.29 bits per heavy atom. The fraction of sp³-hybridized carbons (Fsp3) is 0.0938. The summed E-state index contributed by atoms with van der Waals surface area (Å²) in [6.45, 7) is 0.00225. The molecule has 8 nitrogen and oxygen atoms in total. The maximum atomic E-state index is 14.2. The molecule has 1 atom stereocenters. The van der Waals surface area contributed by atoms with Crippen molar-refractivity contribution in [2.75, 3.05) is 0 Å². The third kappa shape index (κ3) is 6.42. The number of hydrogen-bond donors (Lipinski definition) is 2. The highest BCUT2D eigenvalue weighted by molar-refractivity contribution is 5.99. The van der Waals surface area contributed by atoms with E-state index in [4.69, 9.17) is 9.47 Å². The number of halogens is 1. The monoisotopic (exact) mass is 552 g/mol. The van der Waals surface area contributed by atoms with E-state index < -0.39 is 29.8 Å². The largest absolute Gasteiger partial charge is 0.480 e. The molecule has 1 heterocycles. The van der Waals surface area contributed by atoms with Crippen LogP contribution < -0.4 is 10.1 Å². The van der Waals surface area contributed by atoms with E-state index in [2.05, 4.69) is 5.32 Å². The molecule has 5 rings (SSSR count). The zero-order valence-electron chi connectivity index (χ0n) is 21.7. The Morgan fingerprint density at radius 2 is 1.56 bits per heavy atom. The van der Waals surface area contributed by atoms with Gasteiger partial charge in [0.25, 0.3) is 5.91 Å². The summed E-state index contributed by atoms with van der Waals surface area (Å²) in [4.78, 5) is 38.4. The van der Waals surface area contributed by atoms with Crippen LogP contribution in [0.15, 0.2) is 109 Å². The number of fused-ring (bicyclic) bond motifs is 1. The van der Waals surface area contributed by atoms with Crippen LogP contribution in [0.1, 0.15) is 21.5 Å². The average Bonchev–Trinajstić information content (AvgIpc) is 3.34. The zero-order chi connectivity index (χ0) is 28.8. The van der Waals surface area contributed by atoms with Crippen LogP contribution in [0.2, 0.25) is 0 Å². The van der Waals surface area contributed by atoms with E-state index in [-0.39, 0.29) is 29.9 Å². The van der Waals surface area contributed by atoms with Crippen molar-refractivity contribution in [2.45, 2.75) is 19.1 Å². The average molecular weight is 553 g/mol. The fourth-order valence-corrected chi connectivity index (χ4v) is 4.39.